The van der Waals surface area contributed by atoms with E-state index in [4.69, 9.17) is 20.3 Å². The lowest BCUT2D eigenvalue weighted by Crippen LogP contribution is -2.55. The Balaban J connectivity index is 0.000000279. The van der Waals surface area contributed by atoms with Gasteiger partial charge in [0.1, 0.15) is 11.2 Å². The molecule has 13 nitrogen and oxygen atoms in total. The maximum atomic E-state index is 11.9. The van der Waals surface area contributed by atoms with Crippen LogP contribution in [0.5, 0.6) is 0 Å². The van der Waals surface area contributed by atoms with E-state index in [-0.39, 0.29) is 42.3 Å². The summed E-state index contributed by atoms with van der Waals surface area (Å²) in [6.45, 7) is 19.4. The Bertz CT molecular complexity index is 1600. The number of amides is 2. The molecule has 2 saturated heterocycles. The monoisotopic (exact) mass is 769 g/mol. The minimum atomic E-state index is -0.473. The van der Waals surface area contributed by atoms with E-state index in [2.05, 4.69) is 33.4 Å². The van der Waals surface area contributed by atoms with Gasteiger partial charge in [-0.25, -0.2) is 9.59 Å². The molecule has 2 aliphatic carbocycles. The highest BCUT2D eigenvalue weighted by Crippen LogP contribution is 2.51. The highest BCUT2D eigenvalue weighted by Gasteiger charge is 2.48. The molecular weight excluding hydrogens is 700 g/mol. The molecule has 2 spiro atoms. The summed E-state index contributed by atoms with van der Waals surface area (Å²) in [6.07, 6.45) is 8.04. The number of rotatable bonds is 5. The number of nitrogens with one attached hydrogen (secondary N) is 2. The molecule has 2 aromatic carbocycles. The SMILES string of the molecule is C.CO.Cc1cc(N)ccc1N1CCC2(CC1)CC(NC(=O)OC(C)(C)C)C2.Cc1cc([N+](=O)[O-])ccc1N1CCC2(CC1)CC(NC(=O)OC(C)(C)C)C2. The smallest absolute Gasteiger partial charge is 0.407 e. The van der Waals surface area contributed by atoms with Crippen LogP contribution in [0.15, 0.2) is 36.4 Å². The minimum Gasteiger partial charge on any atom is -0.444 e. The summed E-state index contributed by atoms with van der Waals surface area (Å²) in [6, 6.07) is 11.7. The van der Waals surface area contributed by atoms with Gasteiger partial charge in [0.25, 0.3) is 5.69 Å². The van der Waals surface area contributed by atoms with Crippen molar-refractivity contribution in [2.75, 3.05) is 48.8 Å². The van der Waals surface area contributed by atoms with Crippen molar-refractivity contribution in [3.63, 3.8) is 0 Å². The number of nitrogen functional groups attached to an aromatic ring is 1. The van der Waals surface area contributed by atoms with Gasteiger partial charge in [-0.1, -0.05) is 7.43 Å². The van der Waals surface area contributed by atoms with Crippen molar-refractivity contribution in [3.8, 4) is 0 Å². The van der Waals surface area contributed by atoms with Crippen LogP contribution in [0.1, 0.15) is 111 Å². The standard InChI is InChI=1S/C20H29N3O4.C20H31N3O2.CH4O.CH4/c1-14-11-16(23(25)26)5-6-17(14)22-9-7-20(8-10-22)12-15(13-20)21-18(24)27-19(2,3)4;1-14-11-15(21)5-6-17(14)23-9-7-20(8-10-23)12-16(13-20)22-18(24)25-19(2,3)4;1-2;/h5-6,11,15H,7-10,12-13H2,1-4H3,(H,21,24);5-6,11,16H,7-10,12-13,21H2,1-4H3,(H,22,24);2H,1H3;1H4. The molecule has 2 heterocycles. The molecule has 6 rings (SSSR count). The summed E-state index contributed by atoms with van der Waals surface area (Å²) in [5.74, 6) is 0. The number of anilines is 3. The van der Waals surface area contributed by atoms with Gasteiger partial charge in [0.05, 0.1) is 4.92 Å². The maximum absolute atomic E-state index is 11.9. The molecule has 2 aliphatic heterocycles. The lowest BCUT2D eigenvalue weighted by atomic mass is 9.60. The topological polar surface area (TPSA) is 173 Å². The van der Waals surface area contributed by atoms with Crippen molar-refractivity contribution in [3.05, 3.63) is 57.6 Å². The molecule has 5 N–H and O–H groups in total. The second kappa shape index (κ2) is 18.1. The van der Waals surface area contributed by atoms with E-state index in [1.165, 1.54) is 24.1 Å². The van der Waals surface area contributed by atoms with Crippen molar-refractivity contribution in [1.82, 2.24) is 10.6 Å². The highest BCUT2D eigenvalue weighted by atomic mass is 16.6. The first kappa shape index (κ1) is 45.1. The van der Waals surface area contributed by atoms with Crippen molar-refractivity contribution in [1.29, 1.82) is 0 Å². The number of nitro benzene ring substituents is 1. The molecule has 13 heteroatoms. The highest BCUT2D eigenvalue weighted by molar-refractivity contribution is 5.69. The third-order valence-electron chi connectivity index (χ3n) is 11.1. The van der Waals surface area contributed by atoms with Gasteiger partial charge in [0.2, 0.25) is 0 Å². The number of nitrogens with zero attached hydrogens (tertiary/aromatic N) is 3. The molecule has 2 aromatic rings. The molecule has 55 heavy (non-hydrogen) atoms. The number of aliphatic hydroxyl groups is 1. The number of hydrogen-bond acceptors (Lipinski definition) is 10. The molecule has 0 unspecified atom stereocenters. The van der Waals surface area contributed by atoms with Crippen molar-refractivity contribution < 1.29 is 29.1 Å². The van der Waals surface area contributed by atoms with Crippen LogP contribution in [0.2, 0.25) is 0 Å². The number of ether oxygens (including phenoxy) is 2. The number of alkyl carbamates (subject to hydrolysis) is 2. The van der Waals surface area contributed by atoms with Gasteiger partial charge >= 0.3 is 12.2 Å². The van der Waals surface area contributed by atoms with Crippen LogP contribution in [-0.4, -0.2) is 78.8 Å². The van der Waals surface area contributed by atoms with E-state index in [1.807, 2.05) is 66.7 Å². The number of nitrogens with two attached hydrogens (primary N) is 1. The third kappa shape index (κ3) is 12.4. The van der Waals surface area contributed by atoms with Gasteiger partial charge in [-0.3, -0.25) is 10.1 Å². The fourth-order valence-corrected chi connectivity index (χ4v) is 8.53. The summed E-state index contributed by atoms with van der Waals surface area (Å²) in [5, 5.41) is 23.9. The van der Waals surface area contributed by atoms with Crippen LogP contribution in [0, 0.1) is 34.8 Å². The Hall–Kier alpha value is -4.26. The van der Waals surface area contributed by atoms with Crippen LogP contribution in [0.4, 0.5) is 32.3 Å². The average molecular weight is 769 g/mol. The first-order valence-corrected chi connectivity index (χ1v) is 19.3. The molecule has 308 valence electrons. The summed E-state index contributed by atoms with van der Waals surface area (Å²) in [7, 11) is 1.00. The second-order valence-electron chi connectivity index (χ2n) is 17.8. The zero-order chi connectivity index (χ0) is 40.1. The largest absolute Gasteiger partial charge is 0.444 e. The van der Waals surface area contributed by atoms with E-state index in [9.17, 15) is 19.7 Å². The zero-order valence-corrected chi connectivity index (χ0v) is 33.9. The number of hydrogen-bond donors (Lipinski definition) is 4. The molecule has 0 bridgehead atoms. The van der Waals surface area contributed by atoms with Gasteiger partial charge in [0.15, 0.2) is 0 Å². The first-order chi connectivity index (χ1) is 25.2. The van der Waals surface area contributed by atoms with E-state index in [0.29, 0.717) is 10.8 Å². The molecule has 2 saturated carbocycles. The average Bonchev–Trinajstić information content (AvgIpc) is 3.04. The number of aliphatic hydroxyl groups excluding tert-OH is 1. The Labute approximate surface area is 328 Å². The van der Waals surface area contributed by atoms with Crippen LogP contribution in [-0.2, 0) is 9.47 Å². The molecule has 2 amide bonds. The van der Waals surface area contributed by atoms with E-state index in [0.717, 1.165) is 88.8 Å². The summed E-state index contributed by atoms with van der Waals surface area (Å²) < 4.78 is 10.7. The number of piperidine rings is 2. The normalized spacial score (nSPS) is 18.9. The Morgan fingerprint density at radius 1 is 0.745 bits per heavy atom. The van der Waals surface area contributed by atoms with Gasteiger partial charge in [-0.05, 0) is 153 Å². The van der Waals surface area contributed by atoms with Crippen molar-refractivity contribution in [2.24, 2.45) is 10.8 Å². The number of non-ortho nitro benzene ring substituents is 1. The number of benzene rings is 2. The maximum Gasteiger partial charge on any atom is 0.407 e. The number of aryl methyl sites for hydroxylation is 2. The number of carbonyl (C=O) groups is 2. The van der Waals surface area contributed by atoms with Gasteiger partial charge in [0, 0.05) is 74.6 Å². The number of nitro groups is 1. The predicted octanol–water partition coefficient (Wildman–Crippen LogP) is 8.27. The molecule has 0 aromatic heterocycles. The van der Waals surface area contributed by atoms with Crippen LogP contribution < -0.4 is 26.2 Å². The Kier molecular flexibility index (Phi) is 14.9. The van der Waals surface area contributed by atoms with Gasteiger partial charge in [-0.2, -0.15) is 0 Å². The lowest BCUT2D eigenvalue weighted by molar-refractivity contribution is -0.384. The van der Waals surface area contributed by atoms with Crippen LogP contribution in [0.3, 0.4) is 0 Å². The molecule has 4 aliphatic rings. The lowest BCUT2D eigenvalue weighted by Gasteiger charge is -2.52. The van der Waals surface area contributed by atoms with Crippen molar-refractivity contribution >= 4 is 34.9 Å². The molecule has 0 atom stereocenters. The third-order valence-corrected chi connectivity index (χ3v) is 11.1. The van der Waals surface area contributed by atoms with E-state index in [1.54, 1.807) is 12.1 Å². The predicted molar refractivity (Wildman–Crippen MR) is 221 cm³/mol. The van der Waals surface area contributed by atoms with Crippen LogP contribution >= 0.6 is 0 Å². The zero-order valence-electron chi connectivity index (χ0n) is 33.9. The van der Waals surface area contributed by atoms with Gasteiger partial charge < -0.3 is 40.7 Å². The first-order valence-electron chi connectivity index (χ1n) is 19.3. The quantitative estimate of drug-likeness (QED) is 0.132. The Morgan fingerprint density at radius 3 is 1.44 bits per heavy atom. The van der Waals surface area contributed by atoms with Gasteiger partial charge in [-0.15, -0.1) is 0 Å². The molecular formula is C42H68N6O7. The second-order valence-corrected chi connectivity index (χ2v) is 17.8. The molecule has 0 radical (unpaired) electrons. The fourth-order valence-electron chi connectivity index (χ4n) is 8.53. The van der Waals surface area contributed by atoms with Crippen LogP contribution in [0.25, 0.3) is 0 Å². The van der Waals surface area contributed by atoms with E-state index < -0.39 is 11.2 Å². The summed E-state index contributed by atoms with van der Waals surface area (Å²) in [5.41, 5.74) is 11.2. The minimum absolute atomic E-state index is 0. The summed E-state index contributed by atoms with van der Waals surface area (Å²) in [4.78, 5) is 39.1. The van der Waals surface area contributed by atoms with Crippen molar-refractivity contribution in [2.45, 2.75) is 137 Å². The Morgan fingerprint density at radius 2 is 1.11 bits per heavy atom. The molecule has 4 fully saturated rings. The number of carbonyl (C=O) groups excluding carboxylic acids is 2. The van der Waals surface area contributed by atoms with E-state index >= 15 is 0 Å². The summed E-state index contributed by atoms with van der Waals surface area (Å²) >= 11 is 0. The fraction of sp³-hybridized carbons (Fsp3) is 0.667.